The molecule has 4 aromatic heterocycles. The zero-order valence-corrected chi connectivity index (χ0v) is 17.2. The van der Waals surface area contributed by atoms with E-state index in [1.807, 2.05) is 25.4 Å². The van der Waals surface area contributed by atoms with Crippen LogP contribution in [0.2, 0.25) is 0 Å². The lowest BCUT2D eigenvalue weighted by molar-refractivity contribution is 0.308. The molecule has 1 aliphatic heterocycles. The fourth-order valence-electron chi connectivity index (χ4n) is 4.34. The van der Waals surface area contributed by atoms with Gasteiger partial charge in [-0.25, -0.2) is 4.79 Å². The van der Waals surface area contributed by atoms with Crippen LogP contribution in [0.15, 0.2) is 47.9 Å². The molecule has 0 bridgehead atoms. The van der Waals surface area contributed by atoms with Crippen LogP contribution in [0.3, 0.4) is 0 Å². The van der Waals surface area contributed by atoms with Crippen LogP contribution in [0.25, 0.3) is 38.8 Å². The molecule has 6 rings (SSSR count). The number of imidazole rings is 1. The highest BCUT2D eigenvalue weighted by atomic mass is 16.5. The zero-order valence-electron chi connectivity index (χ0n) is 17.2. The van der Waals surface area contributed by atoms with Crippen LogP contribution in [-0.2, 0) is 20.7 Å². The Morgan fingerprint density at radius 1 is 1.19 bits per heavy atom. The average molecular weight is 414 g/mol. The average Bonchev–Trinajstić information content (AvgIpc) is 3.31. The van der Waals surface area contributed by atoms with Crippen molar-refractivity contribution in [2.45, 2.75) is 6.61 Å². The topological polar surface area (TPSA) is 89.0 Å². The lowest BCUT2D eigenvalue weighted by Crippen LogP contribution is -2.22. The van der Waals surface area contributed by atoms with E-state index in [1.165, 1.54) is 0 Å². The number of benzene rings is 1. The van der Waals surface area contributed by atoms with Crippen LogP contribution < -0.4 is 15.2 Å². The molecule has 0 amide bonds. The second kappa shape index (κ2) is 6.18. The van der Waals surface area contributed by atoms with Gasteiger partial charge in [0.05, 0.1) is 52.7 Å². The van der Waals surface area contributed by atoms with Gasteiger partial charge in [0.25, 0.3) is 0 Å². The van der Waals surface area contributed by atoms with Crippen molar-refractivity contribution < 1.29 is 9.47 Å². The maximum atomic E-state index is 13.3. The van der Waals surface area contributed by atoms with Crippen molar-refractivity contribution in [2.75, 3.05) is 7.11 Å². The van der Waals surface area contributed by atoms with E-state index >= 15 is 0 Å². The Balaban J connectivity index is 1.88. The maximum absolute atomic E-state index is 13.3. The number of ether oxygens (including phenoxy) is 2. The summed E-state index contributed by atoms with van der Waals surface area (Å²) in [7, 11) is 5.23. The first-order chi connectivity index (χ1) is 15.1. The summed E-state index contributed by atoms with van der Waals surface area (Å²) >= 11 is 0. The van der Waals surface area contributed by atoms with Gasteiger partial charge in [-0.05, 0) is 6.07 Å². The van der Waals surface area contributed by atoms with Crippen LogP contribution in [0.1, 0.15) is 5.56 Å². The molecule has 154 valence electrons. The molecule has 5 heterocycles. The van der Waals surface area contributed by atoms with E-state index in [-0.39, 0.29) is 12.3 Å². The van der Waals surface area contributed by atoms with E-state index in [9.17, 15) is 4.79 Å². The second-order valence-corrected chi connectivity index (χ2v) is 7.54. The van der Waals surface area contributed by atoms with Crippen molar-refractivity contribution in [1.29, 1.82) is 0 Å². The van der Waals surface area contributed by atoms with Gasteiger partial charge in [0.1, 0.15) is 18.1 Å². The minimum absolute atomic E-state index is 0.150. The van der Waals surface area contributed by atoms with Crippen molar-refractivity contribution in [3.8, 4) is 28.3 Å². The molecule has 1 aliphatic rings. The summed E-state index contributed by atoms with van der Waals surface area (Å²) in [6, 6.07) is 3.71. The Kier molecular flexibility index (Phi) is 3.53. The lowest BCUT2D eigenvalue weighted by atomic mass is 10.0. The molecule has 9 heteroatoms. The van der Waals surface area contributed by atoms with E-state index in [0.717, 1.165) is 33.3 Å². The number of rotatable bonds is 2. The molecule has 1 aromatic carbocycles. The summed E-state index contributed by atoms with van der Waals surface area (Å²) in [5.74, 6) is 1.23. The first-order valence-electron chi connectivity index (χ1n) is 9.74. The number of fused-ring (bicyclic) bond motifs is 2. The fraction of sp³-hybridized carbons (Fsp3) is 0.182. The summed E-state index contributed by atoms with van der Waals surface area (Å²) in [5, 5.41) is 5.08. The zero-order chi connectivity index (χ0) is 21.3. The minimum atomic E-state index is -0.150. The maximum Gasteiger partial charge on any atom is 0.333 e. The van der Waals surface area contributed by atoms with Crippen molar-refractivity contribution in [3.05, 3.63) is 59.2 Å². The van der Waals surface area contributed by atoms with Crippen LogP contribution in [0, 0.1) is 0 Å². The van der Waals surface area contributed by atoms with Gasteiger partial charge in [-0.15, -0.1) is 0 Å². The third kappa shape index (κ3) is 2.31. The van der Waals surface area contributed by atoms with E-state index in [0.29, 0.717) is 22.5 Å². The standard InChI is InChI=1S/C22H18N6O3/c1-26-10-12(8-25-26)18-17(30-3)6-14-19-20-16(9-24-14)27(2)22(29)28(20)15-4-5-23-7-13(15)11-31-21(18)19/h4-10H,11H2,1-3H3. The lowest BCUT2D eigenvalue weighted by Gasteiger charge is -2.21. The van der Waals surface area contributed by atoms with E-state index in [4.69, 9.17) is 9.47 Å². The molecule has 0 saturated carbocycles. The van der Waals surface area contributed by atoms with Gasteiger partial charge in [0.2, 0.25) is 0 Å². The number of nitrogens with zero attached hydrogens (tertiary/aromatic N) is 6. The number of aryl methyl sites for hydroxylation is 2. The molecular formula is C22H18N6O3. The largest absolute Gasteiger partial charge is 0.496 e. The summed E-state index contributed by atoms with van der Waals surface area (Å²) in [6.45, 7) is 0.246. The molecule has 0 fully saturated rings. The van der Waals surface area contributed by atoms with Crippen molar-refractivity contribution in [2.24, 2.45) is 14.1 Å². The van der Waals surface area contributed by atoms with Gasteiger partial charge in [-0.2, -0.15) is 5.10 Å². The van der Waals surface area contributed by atoms with Crippen molar-refractivity contribution in [1.82, 2.24) is 28.9 Å². The normalized spacial score (nSPS) is 12.6. The SMILES string of the molecule is COc1cc2ncc3c4c2c(c1-c1cnn(C)c1)OCc1cnccc1-n4c(=O)n3C. The Hall–Kier alpha value is -4.14. The highest BCUT2D eigenvalue weighted by Crippen LogP contribution is 2.46. The van der Waals surface area contributed by atoms with Gasteiger partial charge in [0.15, 0.2) is 0 Å². The molecule has 0 radical (unpaired) electrons. The molecule has 9 nitrogen and oxygen atoms in total. The Morgan fingerprint density at radius 3 is 2.84 bits per heavy atom. The van der Waals surface area contributed by atoms with Crippen molar-refractivity contribution >= 4 is 21.9 Å². The van der Waals surface area contributed by atoms with Gasteiger partial charge in [-0.1, -0.05) is 0 Å². The van der Waals surface area contributed by atoms with Crippen LogP contribution in [0.4, 0.5) is 0 Å². The predicted molar refractivity (Wildman–Crippen MR) is 115 cm³/mol. The van der Waals surface area contributed by atoms with Gasteiger partial charge < -0.3 is 9.47 Å². The number of hydrogen-bond acceptors (Lipinski definition) is 6. The minimum Gasteiger partial charge on any atom is -0.496 e. The van der Waals surface area contributed by atoms with Crippen LogP contribution in [0.5, 0.6) is 11.5 Å². The third-order valence-corrected chi connectivity index (χ3v) is 5.80. The molecule has 0 saturated heterocycles. The summed E-state index contributed by atoms with van der Waals surface area (Å²) in [5.41, 5.74) is 5.18. The van der Waals surface area contributed by atoms with E-state index in [1.54, 1.807) is 52.8 Å². The third-order valence-electron chi connectivity index (χ3n) is 5.80. The van der Waals surface area contributed by atoms with E-state index < -0.39 is 0 Å². The fourth-order valence-corrected chi connectivity index (χ4v) is 4.34. The molecular weight excluding hydrogens is 396 g/mol. The Labute approximate surface area is 176 Å². The number of methoxy groups -OCH3 is 1. The second-order valence-electron chi connectivity index (χ2n) is 7.54. The molecule has 0 N–H and O–H groups in total. The quantitative estimate of drug-likeness (QED) is 0.441. The van der Waals surface area contributed by atoms with Crippen LogP contribution in [-0.4, -0.2) is 36.0 Å². The van der Waals surface area contributed by atoms with Gasteiger partial charge >= 0.3 is 5.69 Å². The summed E-state index contributed by atoms with van der Waals surface area (Å²) < 4.78 is 17.2. The predicted octanol–water partition coefficient (Wildman–Crippen LogP) is 2.57. The molecule has 0 unspecified atom stereocenters. The van der Waals surface area contributed by atoms with Crippen molar-refractivity contribution in [3.63, 3.8) is 0 Å². The van der Waals surface area contributed by atoms with Gasteiger partial charge in [-0.3, -0.25) is 23.8 Å². The highest BCUT2D eigenvalue weighted by molar-refractivity contribution is 6.10. The first-order valence-corrected chi connectivity index (χ1v) is 9.74. The summed E-state index contributed by atoms with van der Waals surface area (Å²) in [4.78, 5) is 22.2. The molecule has 0 atom stereocenters. The molecule has 31 heavy (non-hydrogen) atoms. The first kappa shape index (κ1) is 17.7. The highest BCUT2D eigenvalue weighted by Gasteiger charge is 2.27. The molecule has 0 aliphatic carbocycles. The number of aromatic nitrogens is 6. The smallest absolute Gasteiger partial charge is 0.333 e. The summed E-state index contributed by atoms with van der Waals surface area (Å²) in [6.07, 6.45) is 8.80. The van der Waals surface area contributed by atoms with E-state index in [2.05, 4.69) is 15.1 Å². The molecule has 5 aromatic rings. The van der Waals surface area contributed by atoms with Crippen LogP contribution >= 0.6 is 0 Å². The molecule has 0 spiro atoms. The number of hydrogen-bond donors (Lipinski definition) is 0. The Bertz CT molecular complexity index is 1580. The number of pyridine rings is 2. The monoisotopic (exact) mass is 414 g/mol. The van der Waals surface area contributed by atoms with Gasteiger partial charge in [0, 0.05) is 49.9 Å². The Morgan fingerprint density at radius 2 is 2.06 bits per heavy atom.